The van der Waals surface area contributed by atoms with Gasteiger partial charge in [0.2, 0.25) is 11.8 Å². The predicted octanol–water partition coefficient (Wildman–Crippen LogP) is 5.44. The third-order valence-electron chi connectivity index (χ3n) is 5.45. The minimum Gasteiger partial charge on any atom is -0.352 e. The number of fused-ring (bicyclic) bond motifs is 1. The van der Waals surface area contributed by atoms with E-state index in [-0.39, 0.29) is 17.6 Å². The average molecular weight is 469 g/mol. The minimum absolute atomic E-state index is 0.140. The first-order valence-corrected chi connectivity index (χ1v) is 11.5. The summed E-state index contributed by atoms with van der Waals surface area (Å²) in [5, 5.41) is 2.92. The van der Waals surface area contributed by atoms with Crippen LogP contribution in [0.4, 0.5) is 10.1 Å². The van der Waals surface area contributed by atoms with Gasteiger partial charge in [-0.15, -0.1) is 11.8 Å². The molecule has 0 radical (unpaired) electrons. The van der Waals surface area contributed by atoms with Crippen molar-refractivity contribution in [2.24, 2.45) is 5.92 Å². The molecule has 2 atom stereocenters. The van der Waals surface area contributed by atoms with Crippen molar-refractivity contribution in [2.75, 3.05) is 4.90 Å². The van der Waals surface area contributed by atoms with Crippen LogP contribution in [0.3, 0.4) is 0 Å². The number of halogens is 2. The second kappa shape index (κ2) is 9.76. The number of nitrogens with zero attached hydrogens (tertiary/aromatic N) is 1. The summed E-state index contributed by atoms with van der Waals surface area (Å²) in [4.78, 5) is 29.0. The number of amides is 2. The molecule has 1 N–H and O–H groups in total. The summed E-state index contributed by atoms with van der Waals surface area (Å²) in [6.07, 6.45) is 0. The molecule has 1 aliphatic rings. The Morgan fingerprint density at radius 2 is 1.78 bits per heavy atom. The molecular weight excluding hydrogens is 447 g/mol. The van der Waals surface area contributed by atoms with Crippen LogP contribution in [0.1, 0.15) is 18.1 Å². The summed E-state index contributed by atoms with van der Waals surface area (Å²) in [7, 11) is 0. The Kier molecular flexibility index (Phi) is 6.82. The van der Waals surface area contributed by atoms with Gasteiger partial charge in [0.15, 0.2) is 0 Å². The van der Waals surface area contributed by atoms with Crippen molar-refractivity contribution < 1.29 is 14.0 Å². The largest absolute Gasteiger partial charge is 0.352 e. The van der Waals surface area contributed by atoms with Crippen molar-refractivity contribution in [3.8, 4) is 0 Å². The highest BCUT2D eigenvalue weighted by molar-refractivity contribution is 8.01. The van der Waals surface area contributed by atoms with E-state index in [2.05, 4.69) is 5.32 Å². The lowest BCUT2D eigenvalue weighted by Gasteiger charge is -2.35. The predicted molar refractivity (Wildman–Crippen MR) is 126 cm³/mol. The van der Waals surface area contributed by atoms with Gasteiger partial charge in [0.25, 0.3) is 0 Å². The van der Waals surface area contributed by atoms with Gasteiger partial charge in [-0.1, -0.05) is 61.0 Å². The van der Waals surface area contributed by atoms with Gasteiger partial charge >= 0.3 is 0 Å². The number of thioether (sulfide) groups is 1. The minimum atomic E-state index is -0.573. The topological polar surface area (TPSA) is 49.4 Å². The molecule has 3 aromatic rings. The van der Waals surface area contributed by atoms with Crippen molar-refractivity contribution in [1.29, 1.82) is 0 Å². The number of carbonyl (C=O) groups excluding carboxylic acids is 2. The zero-order chi connectivity index (χ0) is 22.7. The van der Waals surface area contributed by atoms with E-state index in [1.54, 1.807) is 30.0 Å². The summed E-state index contributed by atoms with van der Waals surface area (Å²) in [5.74, 6) is -1.23. The van der Waals surface area contributed by atoms with Crippen LogP contribution in [0, 0.1) is 11.7 Å². The lowest BCUT2D eigenvalue weighted by molar-refractivity contribution is -0.128. The monoisotopic (exact) mass is 468 g/mol. The molecule has 164 valence electrons. The van der Waals surface area contributed by atoms with Gasteiger partial charge in [-0.3, -0.25) is 9.59 Å². The third kappa shape index (κ3) is 4.81. The first-order chi connectivity index (χ1) is 15.4. The molecule has 3 aromatic carbocycles. The third-order valence-corrected chi connectivity index (χ3v) is 7.28. The Hall–Kier alpha value is -2.83. The molecule has 1 aliphatic heterocycles. The highest BCUT2D eigenvalue weighted by Crippen LogP contribution is 2.42. The Morgan fingerprint density at radius 1 is 1.09 bits per heavy atom. The fraction of sp³-hybridized carbons (Fsp3) is 0.200. The average Bonchev–Trinajstić information content (AvgIpc) is 2.81. The summed E-state index contributed by atoms with van der Waals surface area (Å²) in [6.45, 7) is 2.37. The molecule has 0 aromatic heterocycles. The summed E-state index contributed by atoms with van der Waals surface area (Å²) in [5.41, 5.74) is 2.43. The highest BCUT2D eigenvalue weighted by atomic mass is 35.5. The molecular formula is C25H22ClFN2O2S. The van der Waals surface area contributed by atoms with E-state index < -0.39 is 11.2 Å². The molecule has 1 heterocycles. The molecule has 0 saturated heterocycles. The Balaban J connectivity index is 1.53. The maximum atomic E-state index is 13.5. The van der Waals surface area contributed by atoms with E-state index in [1.807, 2.05) is 42.5 Å². The fourth-order valence-electron chi connectivity index (χ4n) is 3.61. The van der Waals surface area contributed by atoms with Crippen LogP contribution < -0.4 is 10.2 Å². The second-order valence-corrected chi connectivity index (χ2v) is 9.25. The first-order valence-electron chi connectivity index (χ1n) is 10.3. The first kappa shape index (κ1) is 22.4. The number of carbonyl (C=O) groups is 2. The van der Waals surface area contributed by atoms with Gasteiger partial charge in [0, 0.05) is 16.5 Å². The normalized spacial score (nSPS) is 16.4. The molecule has 0 spiro atoms. The number of hydrogen-bond donors (Lipinski definition) is 1. The molecule has 0 fully saturated rings. The maximum absolute atomic E-state index is 13.5. The van der Waals surface area contributed by atoms with Crippen LogP contribution in [-0.2, 0) is 22.7 Å². The zero-order valence-corrected chi connectivity index (χ0v) is 19.0. The summed E-state index contributed by atoms with van der Waals surface area (Å²) >= 11 is 7.59. The smallest absolute Gasteiger partial charge is 0.241 e. The van der Waals surface area contributed by atoms with Crippen molar-refractivity contribution in [3.63, 3.8) is 0 Å². The van der Waals surface area contributed by atoms with Gasteiger partial charge < -0.3 is 10.2 Å². The van der Waals surface area contributed by atoms with Crippen LogP contribution in [0.5, 0.6) is 0 Å². The molecule has 0 saturated carbocycles. The molecule has 7 heteroatoms. The summed E-state index contributed by atoms with van der Waals surface area (Å²) in [6, 6.07) is 21.1. The maximum Gasteiger partial charge on any atom is 0.241 e. The molecule has 0 unspecified atom stereocenters. The van der Waals surface area contributed by atoms with E-state index in [0.717, 1.165) is 21.7 Å². The van der Waals surface area contributed by atoms with E-state index in [4.69, 9.17) is 11.6 Å². The van der Waals surface area contributed by atoms with Crippen LogP contribution in [0.25, 0.3) is 0 Å². The van der Waals surface area contributed by atoms with Crippen molar-refractivity contribution in [2.45, 2.75) is 30.2 Å². The lowest BCUT2D eigenvalue weighted by Crippen LogP contribution is -2.47. The Morgan fingerprint density at radius 3 is 2.53 bits per heavy atom. The van der Waals surface area contributed by atoms with Crippen LogP contribution in [0.2, 0.25) is 5.02 Å². The molecule has 0 bridgehead atoms. The molecule has 4 rings (SSSR count). The van der Waals surface area contributed by atoms with E-state index in [9.17, 15) is 14.0 Å². The standard InChI is InChI=1S/C25H22ClFN2O2S/c1-16(24(30)28-14-18-6-2-3-7-20(18)26)23-25(31)29(15-17-10-12-19(27)13-11-17)21-8-4-5-9-22(21)32-23/h2-13,16,23H,14-15H2,1H3,(H,28,30)/t16-,23+/m1/s1. The van der Waals surface area contributed by atoms with Gasteiger partial charge in [0.05, 0.1) is 18.2 Å². The van der Waals surface area contributed by atoms with Gasteiger partial charge in [-0.05, 0) is 41.5 Å². The SMILES string of the molecule is C[C@@H](C(=O)NCc1ccccc1Cl)[C@@H]1Sc2ccccc2N(Cc2ccc(F)cc2)C1=O. The number of benzene rings is 3. The Labute approximate surface area is 195 Å². The molecule has 32 heavy (non-hydrogen) atoms. The van der Waals surface area contributed by atoms with Crippen molar-refractivity contribution in [3.05, 3.63) is 94.8 Å². The number of nitrogens with one attached hydrogen (secondary N) is 1. The van der Waals surface area contributed by atoms with Crippen LogP contribution >= 0.6 is 23.4 Å². The Bertz CT molecular complexity index is 1140. The van der Waals surface area contributed by atoms with E-state index in [1.165, 1.54) is 23.9 Å². The quantitative estimate of drug-likeness (QED) is 0.524. The molecule has 0 aliphatic carbocycles. The van der Waals surface area contributed by atoms with Crippen LogP contribution in [0.15, 0.2) is 77.7 Å². The van der Waals surface area contributed by atoms with E-state index in [0.29, 0.717) is 18.1 Å². The lowest BCUT2D eigenvalue weighted by atomic mass is 10.0. The number of anilines is 1. The number of rotatable bonds is 6. The van der Waals surface area contributed by atoms with Gasteiger partial charge in [0.1, 0.15) is 11.1 Å². The molecule has 4 nitrogen and oxygen atoms in total. The van der Waals surface area contributed by atoms with Gasteiger partial charge in [-0.25, -0.2) is 4.39 Å². The zero-order valence-electron chi connectivity index (χ0n) is 17.4. The van der Waals surface area contributed by atoms with Crippen LogP contribution in [-0.4, -0.2) is 17.1 Å². The van der Waals surface area contributed by atoms with Gasteiger partial charge in [-0.2, -0.15) is 0 Å². The van der Waals surface area contributed by atoms with Crippen molar-refractivity contribution in [1.82, 2.24) is 5.32 Å². The highest BCUT2D eigenvalue weighted by Gasteiger charge is 2.39. The summed E-state index contributed by atoms with van der Waals surface area (Å²) < 4.78 is 13.3. The van der Waals surface area contributed by atoms with Crippen molar-refractivity contribution >= 4 is 40.9 Å². The second-order valence-electron chi connectivity index (χ2n) is 7.65. The molecule has 2 amide bonds. The number of hydrogen-bond acceptors (Lipinski definition) is 3. The fourth-order valence-corrected chi connectivity index (χ4v) is 5.10. The van der Waals surface area contributed by atoms with E-state index >= 15 is 0 Å². The number of para-hydroxylation sites is 1.